The van der Waals surface area contributed by atoms with Crippen molar-refractivity contribution in [2.75, 3.05) is 13.2 Å². The second-order valence-electron chi connectivity index (χ2n) is 7.42. The van der Waals surface area contributed by atoms with Gasteiger partial charge in [-0.25, -0.2) is 4.98 Å². The molecule has 3 rings (SSSR count). The molecule has 3 aromatic rings. The molecule has 0 bridgehead atoms. The number of imidazole rings is 1. The molecule has 0 fully saturated rings. The van der Waals surface area contributed by atoms with Crippen LogP contribution < -0.4 is 10.1 Å². The number of para-hydroxylation sites is 2. The molecule has 1 amide bonds. The number of hydrogen-bond acceptors (Lipinski definition) is 3. The maximum absolute atomic E-state index is 11.6. The first-order valence-electron chi connectivity index (χ1n) is 10.2. The van der Waals surface area contributed by atoms with E-state index >= 15 is 0 Å². The highest BCUT2D eigenvalue weighted by atomic mass is 35.5. The first kappa shape index (κ1) is 21.9. The van der Waals surface area contributed by atoms with Crippen molar-refractivity contribution < 1.29 is 9.53 Å². The topological polar surface area (TPSA) is 56.2 Å². The summed E-state index contributed by atoms with van der Waals surface area (Å²) in [5.41, 5.74) is 3.66. The molecule has 1 aromatic heterocycles. The Morgan fingerprint density at radius 1 is 1.23 bits per heavy atom. The van der Waals surface area contributed by atoms with Crippen molar-refractivity contribution in [2.24, 2.45) is 0 Å². The van der Waals surface area contributed by atoms with Gasteiger partial charge in [0.05, 0.1) is 17.6 Å². The number of ether oxygens (including phenoxy) is 1. The molecule has 158 valence electrons. The Labute approximate surface area is 182 Å². The van der Waals surface area contributed by atoms with Gasteiger partial charge in [0.1, 0.15) is 11.6 Å². The fourth-order valence-corrected chi connectivity index (χ4v) is 3.40. The van der Waals surface area contributed by atoms with Gasteiger partial charge in [0.15, 0.2) is 0 Å². The smallest absolute Gasteiger partial charge is 0.246 e. The summed E-state index contributed by atoms with van der Waals surface area (Å²) in [6.07, 6.45) is 2.48. The third-order valence-electron chi connectivity index (χ3n) is 4.91. The zero-order chi connectivity index (χ0) is 21.5. The van der Waals surface area contributed by atoms with E-state index in [-0.39, 0.29) is 5.91 Å². The predicted octanol–water partition coefficient (Wildman–Crippen LogP) is 5.09. The quantitative estimate of drug-likeness (QED) is 0.363. The third-order valence-corrected chi connectivity index (χ3v) is 5.33. The lowest BCUT2D eigenvalue weighted by Crippen LogP contribution is -2.25. The van der Waals surface area contributed by atoms with Gasteiger partial charge in [-0.1, -0.05) is 30.3 Å². The molecule has 0 spiro atoms. The van der Waals surface area contributed by atoms with Crippen LogP contribution in [0.1, 0.15) is 31.2 Å². The highest BCUT2D eigenvalue weighted by molar-refractivity contribution is 6.31. The van der Waals surface area contributed by atoms with Gasteiger partial charge in [-0.15, -0.1) is 0 Å². The molecule has 0 saturated carbocycles. The second-order valence-corrected chi connectivity index (χ2v) is 7.83. The average molecular weight is 426 g/mol. The summed E-state index contributed by atoms with van der Waals surface area (Å²) in [5, 5.41) is 3.63. The number of rotatable bonds is 10. The van der Waals surface area contributed by atoms with Crippen LogP contribution in [0.15, 0.2) is 54.6 Å². The summed E-state index contributed by atoms with van der Waals surface area (Å²) in [7, 11) is 0. The van der Waals surface area contributed by atoms with Crippen LogP contribution in [0.5, 0.6) is 5.75 Å². The molecule has 0 unspecified atom stereocenters. The number of aryl methyl sites for hydroxylation is 3. The van der Waals surface area contributed by atoms with Crippen LogP contribution in [0, 0.1) is 6.92 Å². The average Bonchev–Trinajstić information content (AvgIpc) is 3.08. The van der Waals surface area contributed by atoms with Crippen molar-refractivity contribution in [3.05, 3.63) is 71.0 Å². The number of amides is 1. The number of hydrogen-bond donors (Lipinski definition) is 1. The molecule has 1 N–H and O–H groups in total. The van der Waals surface area contributed by atoms with E-state index in [1.54, 1.807) is 6.92 Å². The van der Waals surface area contributed by atoms with Crippen molar-refractivity contribution in [3.8, 4) is 5.75 Å². The summed E-state index contributed by atoms with van der Waals surface area (Å²) in [6, 6.07) is 13.9. The molecule has 0 aliphatic carbocycles. The molecule has 5 nitrogen and oxygen atoms in total. The van der Waals surface area contributed by atoms with E-state index in [2.05, 4.69) is 22.5 Å². The normalized spacial score (nSPS) is 10.9. The fourth-order valence-electron chi connectivity index (χ4n) is 3.28. The van der Waals surface area contributed by atoms with Gasteiger partial charge in [-0.05, 0) is 62.6 Å². The minimum absolute atomic E-state index is 0.0990. The Hall–Kier alpha value is -2.79. The number of carbonyl (C=O) groups is 1. The molecule has 0 atom stereocenters. The zero-order valence-electron chi connectivity index (χ0n) is 17.6. The lowest BCUT2D eigenvalue weighted by Gasteiger charge is -2.11. The lowest BCUT2D eigenvalue weighted by atomic mass is 10.2. The van der Waals surface area contributed by atoms with Crippen LogP contribution in [-0.2, 0) is 17.8 Å². The van der Waals surface area contributed by atoms with Crippen molar-refractivity contribution >= 4 is 28.5 Å². The molecule has 0 aliphatic heterocycles. The highest BCUT2D eigenvalue weighted by Crippen LogP contribution is 2.22. The summed E-state index contributed by atoms with van der Waals surface area (Å²) in [5.74, 6) is 1.77. The molecule has 0 saturated heterocycles. The number of halogens is 1. The minimum Gasteiger partial charge on any atom is -0.494 e. The Balaban J connectivity index is 1.59. The molecular formula is C24H28ClN3O2. The molecule has 2 aromatic carbocycles. The zero-order valence-corrected chi connectivity index (χ0v) is 18.3. The van der Waals surface area contributed by atoms with Crippen molar-refractivity contribution in [1.82, 2.24) is 14.9 Å². The molecule has 0 aliphatic rings. The highest BCUT2D eigenvalue weighted by Gasteiger charge is 2.10. The number of carbonyl (C=O) groups excluding carboxylic acids is 1. The van der Waals surface area contributed by atoms with Gasteiger partial charge in [0.2, 0.25) is 5.91 Å². The van der Waals surface area contributed by atoms with Gasteiger partial charge < -0.3 is 14.6 Å². The third kappa shape index (κ3) is 5.63. The van der Waals surface area contributed by atoms with E-state index in [4.69, 9.17) is 21.3 Å². The van der Waals surface area contributed by atoms with E-state index in [1.807, 2.05) is 43.3 Å². The van der Waals surface area contributed by atoms with E-state index in [0.717, 1.165) is 59.0 Å². The summed E-state index contributed by atoms with van der Waals surface area (Å²) >= 11 is 6.07. The van der Waals surface area contributed by atoms with Crippen LogP contribution in [-0.4, -0.2) is 28.6 Å². The summed E-state index contributed by atoms with van der Waals surface area (Å²) in [6.45, 7) is 9.38. The number of benzene rings is 2. The van der Waals surface area contributed by atoms with Gasteiger partial charge in [0, 0.05) is 30.1 Å². The largest absolute Gasteiger partial charge is 0.494 e. The van der Waals surface area contributed by atoms with E-state index in [0.29, 0.717) is 18.7 Å². The van der Waals surface area contributed by atoms with Crippen LogP contribution >= 0.6 is 11.6 Å². The van der Waals surface area contributed by atoms with Gasteiger partial charge in [0.25, 0.3) is 0 Å². The lowest BCUT2D eigenvalue weighted by molar-refractivity contribution is -0.117. The monoisotopic (exact) mass is 425 g/mol. The van der Waals surface area contributed by atoms with Gasteiger partial charge in [-0.3, -0.25) is 4.79 Å². The number of nitrogens with zero attached hydrogens (tertiary/aromatic N) is 2. The number of fused-ring (bicyclic) bond motifs is 1. The Kier molecular flexibility index (Phi) is 7.52. The maximum atomic E-state index is 11.6. The van der Waals surface area contributed by atoms with Crippen LogP contribution in [0.3, 0.4) is 0 Å². The van der Waals surface area contributed by atoms with Crippen molar-refractivity contribution in [1.29, 1.82) is 0 Å². The molecule has 6 heteroatoms. The fraction of sp³-hybridized carbons (Fsp3) is 0.333. The maximum Gasteiger partial charge on any atom is 0.246 e. The summed E-state index contributed by atoms with van der Waals surface area (Å²) < 4.78 is 8.15. The van der Waals surface area contributed by atoms with E-state index < -0.39 is 0 Å². The number of nitrogens with one attached hydrogen (secondary N) is 1. The van der Waals surface area contributed by atoms with E-state index in [9.17, 15) is 4.79 Å². The molecule has 30 heavy (non-hydrogen) atoms. The van der Waals surface area contributed by atoms with Crippen LogP contribution in [0.25, 0.3) is 11.0 Å². The minimum atomic E-state index is -0.0990. The van der Waals surface area contributed by atoms with Gasteiger partial charge >= 0.3 is 0 Å². The Morgan fingerprint density at radius 3 is 2.80 bits per heavy atom. The van der Waals surface area contributed by atoms with Crippen molar-refractivity contribution in [2.45, 2.75) is 39.7 Å². The van der Waals surface area contributed by atoms with E-state index in [1.165, 1.54) is 0 Å². The predicted molar refractivity (Wildman–Crippen MR) is 122 cm³/mol. The summed E-state index contributed by atoms with van der Waals surface area (Å²) in [4.78, 5) is 16.4. The molecular weight excluding hydrogens is 398 g/mol. The number of aromatic nitrogens is 2. The first-order valence-corrected chi connectivity index (χ1v) is 10.6. The molecule has 1 heterocycles. The molecule has 0 radical (unpaired) electrons. The SMILES string of the molecule is C=C(C)C(=O)NCCCc1nc2ccccc2n1CCCOc1ccc(Cl)c(C)c1. The van der Waals surface area contributed by atoms with Crippen molar-refractivity contribution in [3.63, 3.8) is 0 Å². The van der Waals surface area contributed by atoms with Crippen LogP contribution in [0.2, 0.25) is 5.02 Å². The standard InChI is InChI=1S/C24H28ClN3O2/c1-17(2)24(29)26-13-6-10-23-27-21-8-4-5-9-22(21)28(23)14-7-15-30-19-11-12-20(25)18(3)16-19/h4-5,8-9,11-12,16H,1,6-7,10,13-15H2,2-3H3,(H,26,29). The van der Waals surface area contributed by atoms with Gasteiger partial charge in [-0.2, -0.15) is 0 Å². The first-order chi connectivity index (χ1) is 14.5. The second kappa shape index (κ2) is 10.3. The van der Waals surface area contributed by atoms with Crippen LogP contribution in [0.4, 0.5) is 0 Å². The Morgan fingerprint density at radius 2 is 2.03 bits per heavy atom. The Bertz CT molecular complexity index is 1040.